The number of sulfonamides is 1. The standard InChI is InChI=1S/C20H21N5O5S/c1-30-20(27)17-12-24-25(18(17)21)15-6-4-14(5-7-15)19(26)23-11-10-13-2-8-16(9-3-13)31(22,28)29/h2-9,12H,10-11,21H2,1H3,(H,23,26)(H2,22,28,29). The van der Waals surface area contributed by atoms with Crippen LogP contribution in [0.4, 0.5) is 5.82 Å². The number of benzene rings is 2. The predicted molar refractivity (Wildman–Crippen MR) is 113 cm³/mol. The first-order valence-corrected chi connectivity index (χ1v) is 10.7. The molecule has 0 aliphatic rings. The number of carbonyl (C=O) groups is 2. The normalized spacial score (nSPS) is 11.2. The van der Waals surface area contributed by atoms with Crippen molar-refractivity contribution in [3.8, 4) is 5.69 Å². The van der Waals surface area contributed by atoms with Crippen molar-refractivity contribution in [2.75, 3.05) is 19.4 Å². The molecule has 0 bridgehead atoms. The van der Waals surface area contributed by atoms with Gasteiger partial charge in [-0.2, -0.15) is 5.10 Å². The molecule has 0 aliphatic carbocycles. The van der Waals surface area contributed by atoms with E-state index in [1.54, 1.807) is 36.4 Å². The lowest BCUT2D eigenvalue weighted by atomic mass is 10.1. The van der Waals surface area contributed by atoms with Crippen LogP contribution in [0.2, 0.25) is 0 Å². The zero-order valence-electron chi connectivity index (χ0n) is 16.6. The summed E-state index contributed by atoms with van der Waals surface area (Å²) in [4.78, 5) is 24.0. The van der Waals surface area contributed by atoms with Gasteiger partial charge in [-0.15, -0.1) is 0 Å². The number of nitrogen functional groups attached to an aromatic ring is 1. The number of anilines is 1. The van der Waals surface area contributed by atoms with E-state index in [2.05, 4.69) is 15.2 Å². The smallest absolute Gasteiger partial charge is 0.343 e. The fourth-order valence-electron chi connectivity index (χ4n) is 2.85. The maximum absolute atomic E-state index is 12.4. The SMILES string of the molecule is COC(=O)c1cnn(-c2ccc(C(=O)NCCc3ccc(S(N)(=O)=O)cc3)cc2)c1N. The summed E-state index contributed by atoms with van der Waals surface area (Å²) >= 11 is 0. The average Bonchev–Trinajstić information content (AvgIpc) is 3.14. The minimum absolute atomic E-state index is 0.0388. The molecule has 3 rings (SSSR count). The van der Waals surface area contributed by atoms with Crippen LogP contribution in [0.3, 0.4) is 0 Å². The molecule has 1 aromatic heterocycles. The molecule has 0 atom stereocenters. The van der Waals surface area contributed by atoms with Crippen LogP contribution >= 0.6 is 0 Å². The summed E-state index contributed by atoms with van der Waals surface area (Å²) in [6, 6.07) is 12.7. The van der Waals surface area contributed by atoms with Gasteiger partial charge in [-0.3, -0.25) is 4.79 Å². The summed E-state index contributed by atoms with van der Waals surface area (Å²) in [5.74, 6) is -0.715. The number of hydrogen-bond donors (Lipinski definition) is 3. The minimum Gasteiger partial charge on any atom is -0.465 e. The number of nitrogens with one attached hydrogen (secondary N) is 1. The first kappa shape index (κ1) is 22.0. The van der Waals surface area contributed by atoms with Gasteiger partial charge in [0.25, 0.3) is 5.91 Å². The van der Waals surface area contributed by atoms with Crippen molar-refractivity contribution in [1.29, 1.82) is 0 Å². The van der Waals surface area contributed by atoms with E-state index in [0.717, 1.165) is 5.56 Å². The zero-order chi connectivity index (χ0) is 22.6. The fourth-order valence-corrected chi connectivity index (χ4v) is 3.37. The number of rotatable bonds is 7. The summed E-state index contributed by atoms with van der Waals surface area (Å²) in [7, 11) is -2.47. The van der Waals surface area contributed by atoms with Gasteiger partial charge in [0.05, 0.1) is 23.9 Å². The van der Waals surface area contributed by atoms with Gasteiger partial charge in [-0.1, -0.05) is 12.1 Å². The third kappa shape index (κ3) is 5.08. The lowest BCUT2D eigenvalue weighted by Crippen LogP contribution is -2.25. The molecule has 5 N–H and O–H groups in total. The molecule has 0 saturated carbocycles. The number of nitrogens with zero attached hydrogens (tertiary/aromatic N) is 2. The van der Waals surface area contributed by atoms with Crippen molar-refractivity contribution < 1.29 is 22.7 Å². The Morgan fingerprint density at radius 2 is 1.74 bits per heavy atom. The highest BCUT2D eigenvalue weighted by atomic mass is 32.2. The lowest BCUT2D eigenvalue weighted by Gasteiger charge is -2.08. The van der Waals surface area contributed by atoms with Gasteiger partial charge < -0.3 is 15.8 Å². The van der Waals surface area contributed by atoms with E-state index in [-0.39, 0.29) is 22.2 Å². The van der Waals surface area contributed by atoms with Crippen molar-refractivity contribution in [2.45, 2.75) is 11.3 Å². The Bertz CT molecular complexity index is 1200. The first-order valence-electron chi connectivity index (χ1n) is 9.13. The molecule has 0 spiro atoms. The van der Waals surface area contributed by atoms with Gasteiger partial charge in [0, 0.05) is 12.1 Å². The third-order valence-corrected chi connectivity index (χ3v) is 5.47. The molecule has 0 radical (unpaired) electrons. The molecule has 162 valence electrons. The van der Waals surface area contributed by atoms with Gasteiger partial charge in [-0.25, -0.2) is 23.0 Å². The van der Waals surface area contributed by atoms with Crippen LogP contribution in [0.15, 0.2) is 59.6 Å². The Balaban J connectivity index is 1.59. The zero-order valence-corrected chi connectivity index (χ0v) is 17.4. The molecule has 0 fully saturated rings. The number of nitrogens with two attached hydrogens (primary N) is 2. The van der Waals surface area contributed by atoms with Crippen LogP contribution in [0.5, 0.6) is 0 Å². The number of ether oxygens (including phenoxy) is 1. The highest BCUT2D eigenvalue weighted by molar-refractivity contribution is 7.89. The molecule has 2 aromatic carbocycles. The minimum atomic E-state index is -3.73. The Morgan fingerprint density at radius 1 is 1.10 bits per heavy atom. The Hall–Kier alpha value is -3.70. The molecule has 0 unspecified atom stereocenters. The summed E-state index contributed by atoms with van der Waals surface area (Å²) in [6.45, 7) is 0.365. The largest absolute Gasteiger partial charge is 0.465 e. The van der Waals surface area contributed by atoms with Gasteiger partial charge in [0.1, 0.15) is 11.4 Å². The Morgan fingerprint density at radius 3 is 2.32 bits per heavy atom. The number of hydrogen-bond acceptors (Lipinski definition) is 7. The van der Waals surface area contributed by atoms with E-state index in [4.69, 9.17) is 10.9 Å². The highest BCUT2D eigenvalue weighted by Gasteiger charge is 2.16. The third-order valence-electron chi connectivity index (χ3n) is 4.54. The number of primary sulfonamides is 1. The van der Waals surface area contributed by atoms with E-state index >= 15 is 0 Å². The van der Waals surface area contributed by atoms with Gasteiger partial charge >= 0.3 is 5.97 Å². The molecule has 0 saturated heterocycles. The monoisotopic (exact) mass is 443 g/mol. The summed E-state index contributed by atoms with van der Waals surface area (Å²) in [6.07, 6.45) is 1.84. The fraction of sp³-hybridized carbons (Fsp3) is 0.150. The van der Waals surface area contributed by atoms with Gasteiger partial charge in [0.2, 0.25) is 10.0 Å². The van der Waals surface area contributed by atoms with Crippen LogP contribution < -0.4 is 16.2 Å². The molecule has 11 heteroatoms. The lowest BCUT2D eigenvalue weighted by molar-refractivity contribution is 0.0601. The maximum Gasteiger partial charge on any atom is 0.343 e. The van der Waals surface area contributed by atoms with Crippen molar-refractivity contribution in [1.82, 2.24) is 15.1 Å². The van der Waals surface area contributed by atoms with Crippen molar-refractivity contribution in [3.05, 3.63) is 71.4 Å². The summed E-state index contributed by atoms with van der Waals surface area (Å²) < 4.78 is 28.6. The average molecular weight is 443 g/mol. The first-order chi connectivity index (χ1) is 14.7. The van der Waals surface area contributed by atoms with E-state index < -0.39 is 16.0 Å². The second-order valence-corrected chi connectivity index (χ2v) is 8.15. The summed E-state index contributed by atoms with van der Waals surface area (Å²) in [5.41, 5.74) is 7.98. The molecule has 1 amide bonds. The van der Waals surface area contributed by atoms with Gasteiger partial charge in [0.15, 0.2) is 0 Å². The number of carbonyl (C=O) groups excluding carboxylic acids is 2. The number of amides is 1. The van der Waals surface area contributed by atoms with Crippen LogP contribution in [0.1, 0.15) is 26.3 Å². The van der Waals surface area contributed by atoms with Crippen molar-refractivity contribution in [2.24, 2.45) is 5.14 Å². The van der Waals surface area contributed by atoms with Crippen LogP contribution in [0, 0.1) is 0 Å². The van der Waals surface area contributed by atoms with E-state index in [1.165, 1.54) is 30.1 Å². The van der Waals surface area contributed by atoms with Gasteiger partial charge in [-0.05, 0) is 48.4 Å². The second kappa shape index (κ2) is 8.98. The topological polar surface area (TPSA) is 159 Å². The Labute approximate surface area is 178 Å². The van der Waals surface area contributed by atoms with E-state index in [1.807, 2.05) is 0 Å². The van der Waals surface area contributed by atoms with Crippen LogP contribution in [0.25, 0.3) is 5.69 Å². The summed E-state index contributed by atoms with van der Waals surface area (Å²) in [5, 5.41) is 11.9. The van der Waals surface area contributed by atoms with Crippen LogP contribution in [-0.4, -0.2) is 43.7 Å². The molecular weight excluding hydrogens is 422 g/mol. The molecule has 10 nitrogen and oxygen atoms in total. The number of esters is 1. The molecule has 3 aromatic rings. The molecule has 0 aliphatic heterocycles. The second-order valence-electron chi connectivity index (χ2n) is 6.59. The van der Waals surface area contributed by atoms with Crippen molar-refractivity contribution in [3.63, 3.8) is 0 Å². The molecule has 31 heavy (non-hydrogen) atoms. The molecular formula is C20H21N5O5S. The van der Waals surface area contributed by atoms with Crippen LogP contribution in [-0.2, 0) is 21.2 Å². The van der Waals surface area contributed by atoms with Crippen molar-refractivity contribution >= 4 is 27.7 Å². The Kier molecular flexibility index (Phi) is 6.37. The predicted octanol–water partition coefficient (Wildman–Crippen LogP) is 0.861. The van der Waals surface area contributed by atoms with E-state index in [0.29, 0.717) is 24.2 Å². The highest BCUT2D eigenvalue weighted by Crippen LogP contribution is 2.18. The maximum atomic E-state index is 12.4. The number of methoxy groups -OCH3 is 1. The quantitative estimate of drug-likeness (QED) is 0.457. The molecule has 1 heterocycles. The number of aromatic nitrogens is 2. The van der Waals surface area contributed by atoms with E-state index in [9.17, 15) is 18.0 Å².